The Morgan fingerprint density at radius 2 is 1.85 bits per heavy atom. The fourth-order valence-corrected chi connectivity index (χ4v) is 4.62. The normalized spacial score (nSPS) is 35.1. The van der Waals surface area contributed by atoms with Gasteiger partial charge < -0.3 is 9.64 Å². The molecule has 4 aliphatic heterocycles. The highest BCUT2D eigenvalue weighted by Gasteiger charge is 2.45. The Balaban J connectivity index is 1.22. The molecule has 8 heteroatoms. The van der Waals surface area contributed by atoms with E-state index in [0.29, 0.717) is 18.9 Å². The van der Waals surface area contributed by atoms with E-state index in [1.54, 1.807) is 0 Å². The van der Waals surface area contributed by atoms with Crippen LogP contribution in [-0.2, 0) is 16.1 Å². The number of benzene rings is 1. The van der Waals surface area contributed by atoms with Crippen LogP contribution in [0.25, 0.3) is 0 Å². The Bertz CT molecular complexity index is 667. The van der Waals surface area contributed by atoms with Gasteiger partial charge in [0.05, 0.1) is 13.2 Å². The molecule has 4 heterocycles. The van der Waals surface area contributed by atoms with Gasteiger partial charge >= 0.3 is 0 Å². The highest BCUT2D eigenvalue weighted by atomic mass is 16.5. The summed E-state index contributed by atoms with van der Waals surface area (Å²) in [6.07, 6.45) is 0.779. The minimum absolute atomic E-state index is 0.0765. The van der Waals surface area contributed by atoms with Gasteiger partial charge in [0.25, 0.3) is 0 Å². The summed E-state index contributed by atoms with van der Waals surface area (Å²) in [4.78, 5) is 17.1. The zero-order chi connectivity index (χ0) is 18.2. The fraction of sp³-hybridized carbons (Fsp3) is 0.632. The first-order valence-corrected chi connectivity index (χ1v) is 9.95. The van der Waals surface area contributed by atoms with E-state index in [1.165, 1.54) is 5.56 Å². The number of carbonyl (C=O) groups is 1. The van der Waals surface area contributed by atoms with Crippen LogP contribution >= 0.6 is 0 Å². The van der Waals surface area contributed by atoms with Crippen LogP contribution in [0.1, 0.15) is 12.0 Å². The van der Waals surface area contributed by atoms with Crippen molar-refractivity contribution in [3.8, 4) is 0 Å². The molecule has 8 nitrogen and oxygen atoms in total. The summed E-state index contributed by atoms with van der Waals surface area (Å²) in [5.41, 5.74) is 4.79. The number of carbonyl (C=O) groups excluding carboxylic acids is 1. The number of hydrogen-bond acceptors (Lipinski definition) is 7. The summed E-state index contributed by atoms with van der Waals surface area (Å²) < 4.78 is 5.46. The number of likely N-dealkylation sites (tertiary alicyclic amines) is 1. The van der Waals surface area contributed by atoms with Crippen LogP contribution < -0.4 is 16.1 Å². The largest absolute Gasteiger partial charge is 0.379 e. The molecule has 1 aromatic carbocycles. The van der Waals surface area contributed by atoms with Crippen LogP contribution in [0.5, 0.6) is 0 Å². The number of piperidine rings is 1. The summed E-state index contributed by atoms with van der Waals surface area (Å²) in [7, 11) is 0. The maximum atomic E-state index is 12.7. The monoisotopic (exact) mass is 372 g/mol. The van der Waals surface area contributed by atoms with Gasteiger partial charge in [0.1, 0.15) is 12.6 Å². The maximum absolute atomic E-state index is 12.7. The van der Waals surface area contributed by atoms with Crippen LogP contribution in [0.4, 0.5) is 0 Å². The molecule has 4 fully saturated rings. The van der Waals surface area contributed by atoms with Crippen molar-refractivity contribution in [3.05, 3.63) is 35.9 Å². The molecule has 146 valence electrons. The Kier molecular flexibility index (Phi) is 4.85. The highest BCUT2D eigenvalue weighted by Crippen LogP contribution is 2.26. The lowest BCUT2D eigenvalue weighted by atomic mass is 9.89. The lowest BCUT2D eigenvalue weighted by Crippen LogP contribution is -2.66. The van der Waals surface area contributed by atoms with Gasteiger partial charge in [-0.1, -0.05) is 30.3 Å². The number of morpholine rings is 1. The van der Waals surface area contributed by atoms with Crippen LogP contribution in [-0.4, -0.2) is 78.7 Å². The van der Waals surface area contributed by atoms with E-state index in [-0.39, 0.29) is 24.5 Å². The smallest absolute Gasteiger partial charge is 0.224 e. The lowest BCUT2D eigenvalue weighted by molar-refractivity contribution is -0.139. The van der Waals surface area contributed by atoms with Crippen molar-refractivity contribution in [2.75, 3.05) is 39.4 Å². The van der Waals surface area contributed by atoms with E-state index in [9.17, 15) is 4.79 Å². The third kappa shape index (κ3) is 3.61. The molecule has 27 heavy (non-hydrogen) atoms. The van der Waals surface area contributed by atoms with E-state index in [1.807, 2.05) is 23.1 Å². The minimum atomic E-state index is 0.0765. The third-order valence-corrected chi connectivity index (χ3v) is 6.12. The number of hydrazine groups is 1. The molecule has 0 spiro atoms. The molecule has 4 unspecified atom stereocenters. The average molecular weight is 372 g/mol. The number of amides is 1. The number of rotatable bonds is 3. The van der Waals surface area contributed by atoms with Crippen molar-refractivity contribution in [1.29, 1.82) is 0 Å². The number of nitrogens with one attached hydrogen (secondary N) is 3. The number of nitrogens with zero attached hydrogens (tertiary/aromatic N) is 3. The quantitative estimate of drug-likeness (QED) is 0.649. The predicted molar refractivity (Wildman–Crippen MR) is 99.8 cm³/mol. The van der Waals surface area contributed by atoms with E-state index in [0.717, 1.165) is 39.4 Å². The molecule has 0 aromatic heterocycles. The Morgan fingerprint density at radius 3 is 2.67 bits per heavy atom. The van der Waals surface area contributed by atoms with Crippen molar-refractivity contribution in [1.82, 2.24) is 30.9 Å². The van der Waals surface area contributed by atoms with E-state index in [4.69, 9.17) is 4.74 Å². The summed E-state index contributed by atoms with van der Waals surface area (Å²) in [6, 6.07) is 10.5. The van der Waals surface area contributed by atoms with Crippen molar-refractivity contribution < 1.29 is 9.53 Å². The van der Waals surface area contributed by atoms with Crippen LogP contribution in [0.15, 0.2) is 30.3 Å². The van der Waals surface area contributed by atoms with Gasteiger partial charge in [0.2, 0.25) is 5.91 Å². The zero-order valence-electron chi connectivity index (χ0n) is 15.5. The van der Waals surface area contributed by atoms with E-state index in [2.05, 4.69) is 38.1 Å². The topological polar surface area (TPSA) is 72.1 Å². The second kappa shape index (κ2) is 7.46. The number of ether oxygens (including phenoxy) is 1. The minimum Gasteiger partial charge on any atom is -0.379 e. The molecule has 1 amide bonds. The highest BCUT2D eigenvalue weighted by molar-refractivity contribution is 5.78. The average Bonchev–Trinajstić information content (AvgIpc) is 3.11. The van der Waals surface area contributed by atoms with Gasteiger partial charge in [-0.25, -0.2) is 10.4 Å². The van der Waals surface area contributed by atoms with Crippen LogP contribution in [0, 0.1) is 5.92 Å². The molecular formula is C19H28N6O2. The fourth-order valence-electron chi connectivity index (χ4n) is 4.62. The Morgan fingerprint density at radius 1 is 1.04 bits per heavy atom. The van der Waals surface area contributed by atoms with Gasteiger partial charge in [-0.3, -0.25) is 20.3 Å². The molecular weight excluding hydrogens is 344 g/mol. The Hall–Kier alpha value is -1.55. The zero-order valence-corrected chi connectivity index (χ0v) is 15.5. The first-order valence-electron chi connectivity index (χ1n) is 9.95. The summed E-state index contributed by atoms with van der Waals surface area (Å²) in [6.45, 7) is 5.88. The van der Waals surface area contributed by atoms with Crippen molar-refractivity contribution >= 4 is 5.91 Å². The van der Waals surface area contributed by atoms with Gasteiger partial charge in [-0.05, 0) is 5.56 Å². The van der Waals surface area contributed by atoms with Gasteiger partial charge in [-0.15, -0.1) is 0 Å². The maximum Gasteiger partial charge on any atom is 0.224 e. The van der Waals surface area contributed by atoms with Crippen molar-refractivity contribution in [3.63, 3.8) is 0 Å². The molecule has 5 rings (SSSR count). The van der Waals surface area contributed by atoms with Crippen molar-refractivity contribution in [2.24, 2.45) is 5.92 Å². The number of fused-ring (bicyclic) bond motifs is 2. The molecule has 3 N–H and O–H groups in total. The third-order valence-electron chi connectivity index (χ3n) is 6.12. The molecule has 0 aliphatic carbocycles. The second-order valence-electron chi connectivity index (χ2n) is 7.90. The predicted octanol–water partition coefficient (Wildman–Crippen LogP) is -0.684. The molecule has 4 atom stereocenters. The van der Waals surface area contributed by atoms with Gasteiger partial charge in [-0.2, -0.15) is 0 Å². The first-order chi connectivity index (χ1) is 13.3. The summed E-state index contributed by atoms with van der Waals surface area (Å²) in [5.74, 6) is 0.678. The van der Waals surface area contributed by atoms with Gasteiger partial charge in [0.15, 0.2) is 0 Å². The van der Waals surface area contributed by atoms with E-state index >= 15 is 0 Å². The van der Waals surface area contributed by atoms with Crippen molar-refractivity contribution in [2.45, 2.75) is 31.6 Å². The van der Waals surface area contributed by atoms with Gasteiger partial charge in [0, 0.05) is 51.1 Å². The SMILES string of the molecule is O=C1CC2NC3NC(N4CCOCC4)NN3CC2CN1Cc1ccccc1. The molecule has 0 bridgehead atoms. The van der Waals surface area contributed by atoms with Crippen LogP contribution in [0.3, 0.4) is 0 Å². The second-order valence-corrected chi connectivity index (χ2v) is 7.90. The molecule has 4 aliphatic rings. The number of hydrogen-bond donors (Lipinski definition) is 3. The molecule has 0 radical (unpaired) electrons. The molecule has 0 saturated carbocycles. The standard InChI is InChI=1S/C19H28N6O2/c26-17-10-16-15(12-24(17)11-14-4-2-1-3-5-14)13-25-18(20-16)21-19(22-25)23-6-8-27-9-7-23/h1-5,15-16,18-22H,6-13H2. The summed E-state index contributed by atoms with van der Waals surface area (Å²) in [5, 5.41) is 9.52. The molecule has 1 aromatic rings. The van der Waals surface area contributed by atoms with Crippen LogP contribution in [0.2, 0.25) is 0 Å². The summed E-state index contributed by atoms with van der Waals surface area (Å²) >= 11 is 0. The molecule has 4 saturated heterocycles. The lowest BCUT2D eigenvalue weighted by Gasteiger charge is -2.46. The first kappa shape index (κ1) is 17.5. The Labute approximate surface area is 159 Å². The van der Waals surface area contributed by atoms with E-state index < -0.39 is 0 Å².